The summed E-state index contributed by atoms with van der Waals surface area (Å²) >= 11 is 0. The molecule has 4 heteroatoms. The highest BCUT2D eigenvalue weighted by molar-refractivity contribution is 5.94. The number of hydrogen-bond acceptors (Lipinski definition) is 3. The van der Waals surface area contributed by atoms with Crippen LogP contribution in [0.1, 0.15) is 22.0 Å². The summed E-state index contributed by atoms with van der Waals surface area (Å²) in [6, 6.07) is 16.5. The zero-order chi connectivity index (χ0) is 14.4. The molecule has 104 valence electrons. The molecule has 0 aliphatic heterocycles. The predicted octanol–water partition coefficient (Wildman–Crippen LogP) is 2.12. The van der Waals surface area contributed by atoms with Gasteiger partial charge in [0.05, 0.1) is 13.2 Å². The molecule has 0 aliphatic carbocycles. The maximum Gasteiger partial charge on any atom is 0.251 e. The van der Waals surface area contributed by atoms with Gasteiger partial charge in [0.1, 0.15) is 5.75 Å². The standard InChI is InChI=1S/C16H18N2O2/c1-20-14-9-7-13(8-10-14)16(19)18-15(11-17)12-5-3-2-4-6-12/h2-10,15H,11,17H2,1H3,(H,18,19)/t15-/m0/s1. The third-order valence-electron chi connectivity index (χ3n) is 3.10. The van der Waals surface area contributed by atoms with Crippen LogP contribution in [0.25, 0.3) is 0 Å². The van der Waals surface area contributed by atoms with Gasteiger partial charge in [0, 0.05) is 12.1 Å². The van der Waals surface area contributed by atoms with Gasteiger partial charge in [-0.25, -0.2) is 0 Å². The maximum absolute atomic E-state index is 12.2. The van der Waals surface area contributed by atoms with Crippen LogP contribution in [0.15, 0.2) is 54.6 Å². The Kier molecular flexibility index (Phi) is 4.74. The molecular formula is C16H18N2O2. The predicted molar refractivity (Wildman–Crippen MR) is 78.7 cm³/mol. The summed E-state index contributed by atoms with van der Waals surface area (Å²) in [7, 11) is 1.59. The van der Waals surface area contributed by atoms with Gasteiger partial charge in [-0.1, -0.05) is 30.3 Å². The molecule has 0 spiro atoms. The molecule has 20 heavy (non-hydrogen) atoms. The molecule has 2 rings (SSSR count). The summed E-state index contributed by atoms with van der Waals surface area (Å²) in [6.45, 7) is 0.353. The molecule has 0 aromatic heterocycles. The fourth-order valence-electron chi connectivity index (χ4n) is 1.95. The van der Waals surface area contributed by atoms with Gasteiger partial charge in [-0.3, -0.25) is 4.79 Å². The molecule has 0 radical (unpaired) electrons. The fraction of sp³-hybridized carbons (Fsp3) is 0.188. The van der Waals surface area contributed by atoms with Crippen molar-refractivity contribution in [3.05, 3.63) is 65.7 Å². The van der Waals surface area contributed by atoms with Crippen molar-refractivity contribution >= 4 is 5.91 Å². The van der Waals surface area contributed by atoms with E-state index >= 15 is 0 Å². The first kappa shape index (κ1) is 14.1. The third kappa shape index (κ3) is 3.36. The highest BCUT2D eigenvalue weighted by Gasteiger charge is 2.13. The number of nitrogens with one attached hydrogen (secondary N) is 1. The largest absolute Gasteiger partial charge is 0.497 e. The van der Waals surface area contributed by atoms with Crippen molar-refractivity contribution < 1.29 is 9.53 Å². The van der Waals surface area contributed by atoms with E-state index in [4.69, 9.17) is 10.5 Å². The van der Waals surface area contributed by atoms with Crippen molar-refractivity contribution in [2.75, 3.05) is 13.7 Å². The molecule has 0 saturated carbocycles. The second kappa shape index (κ2) is 6.73. The lowest BCUT2D eigenvalue weighted by molar-refractivity contribution is 0.0938. The van der Waals surface area contributed by atoms with Crippen LogP contribution in [0.3, 0.4) is 0 Å². The highest BCUT2D eigenvalue weighted by Crippen LogP contribution is 2.14. The first-order valence-corrected chi connectivity index (χ1v) is 6.44. The van der Waals surface area contributed by atoms with Crippen LogP contribution in [0.2, 0.25) is 0 Å². The van der Waals surface area contributed by atoms with Crippen molar-refractivity contribution in [1.29, 1.82) is 0 Å². The zero-order valence-electron chi connectivity index (χ0n) is 11.4. The number of hydrogen-bond donors (Lipinski definition) is 2. The minimum Gasteiger partial charge on any atom is -0.497 e. The first-order valence-electron chi connectivity index (χ1n) is 6.44. The van der Waals surface area contributed by atoms with Crippen LogP contribution < -0.4 is 15.8 Å². The third-order valence-corrected chi connectivity index (χ3v) is 3.10. The number of nitrogens with two attached hydrogens (primary N) is 1. The summed E-state index contributed by atoms with van der Waals surface area (Å²) in [5, 5.41) is 2.93. The molecule has 2 aromatic carbocycles. The van der Waals surface area contributed by atoms with E-state index in [2.05, 4.69) is 5.32 Å². The van der Waals surface area contributed by atoms with Crippen molar-refractivity contribution in [2.24, 2.45) is 5.73 Å². The van der Waals surface area contributed by atoms with Gasteiger partial charge < -0.3 is 15.8 Å². The lowest BCUT2D eigenvalue weighted by Crippen LogP contribution is -2.33. The van der Waals surface area contributed by atoms with Gasteiger partial charge in [-0.2, -0.15) is 0 Å². The summed E-state index contributed by atoms with van der Waals surface area (Å²) in [4.78, 5) is 12.2. The molecule has 2 aromatic rings. The Morgan fingerprint density at radius 1 is 1.15 bits per heavy atom. The van der Waals surface area contributed by atoms with Gasteiger partial charge in [0.15, 0.2) is 0 Å². The lowest BCUT2D eigenvalue weighted by atomic mass is 10.1. The van der Waals surface area contributed by atoms with Crippen molar-refractivity contribution in [3.8, 4) is 5.75 Å². The number of methoxy groups -OCH3 is 1. The number of rotatable bonds is 5. The molecule has 0 unspecified atom stereocenters. The Balaban J connectivity index is 2.09. The molecule has 1 amide bonds. The quantitative estimate of drug-likeness (QED) is 0.874. The number of carbonyl (C=O) groups excluding carboxylic acids is 1. The topological polar surface area (TPSA) is 64.3 Å². The summed E-state index contributed by atoms with van der Waals surface area (Å²) in [5.74, 6) is 0.576. The molecule has 1 atom stereocenters. The molecule has 0 saturated heterocycles. The summed E-state index contributed by atoms with van der Waals surface area (Å²) in [6.07, 6.45) is 0. The van der Waals surface area contributed by atoms with Crippen LogP contribution in [-0.2, 0) is 0 Å². The van der Waals surface area contributed by atoms with Crippen molar-refractivity contribution in [1.82, 2.24) is 5.32 Å². The van der Waals surface area contributed by atoms with E-state index in [0.29, 0.717) is 12.1 Å². The van der Waals surface area contributed by atoms with E-state index < -0.39 is 0 Å². The van der Waals surface area contributed by atoms with Crippen molar-refractivity contribution in [3.63, 3.8) is 0 Å². The Morgan fingerprint density at radius 2 is 1.80 bits per heavy atom. The Labute approximate surface area is 118 Å². The second-order valence-corrected chi connectivity index (χ2v) is 4.40. The molecule has 0 fully saturated rings. The van der Waals surface area contributed by atoms with Crippen LogP contribution >= 0.6 is 0 Å². The SMILES string of the molecule is COc1ccc(C(=O)N[C@@H](CN)c2ccccc2)cc1. The molecule has 4 nitrogen and oxygen atoms in total. The van der Waals surface area contributed by atoms with Crippen LogP contribution in [0.5, 0.6) is 5.75 Å². The summed E-state index contributed by atoms with van der Waals surface area (Å²) in [5.41, 5.74) is 7.32. The smallest absolute Gasteiger partial charge is 0.251 e. The second-order valence-electron chi connectivity index (χ2n) is 4.40. The van der Waals surface area contributed by atoms with E-state index in [-0.39, 0.29) is 11.9 Å². The number of amides is 1. The normalized spacial score (nSPS) is 11.7. The van der Waals surface area contributed by atoms with Crippen LogP contribution in [0, 0.1) is 0 Å². The van der Waals surface area contributed by atoms with E-state index in [0.717, 1.165) is 11.3 Å². The van der Waals surface area contributed by atoms with E-state index in [1.807, 2.05) is 30.3 Å². The molecule has 0 bridgehead atoms. The minimum atomic E-state index is -0.189. The van der Waals surface area contributed by atoms with Crippen molar-refractivity contribution in [2.45, 2.75) is 6.04 Å². The Hall–Kier alpha value is -2.33. The van der Waals surface area contributed by atoms with Gasteiger partial charge in [0.2, 0.25) is 0 Å². The van der Waals surface area contributed by atoms with Gasteiger partial charge >= 0.3 is 0 Å². The summed E-state index contributed by atoms with van der Waals surface area (Å²) < 4.78 is 5.07. The van der Waals surface area contributed by atoms with Gasteiger partial charge in [-0.05, 0) is 29.8 Å². The van der Waals surface area contributed by atoms with E-state index in [9.17, 15) is 4.79 Å². The molecule has 0 aliphatic rings. The zero-order valence-corrected chi connectivity index (χ0v) is 11.4. The number of carbonyl (C=O) groups is 1. The van der Waals surface area contributed by atoms with E-state index in [1.165, 1.54) is 0 Å². The average Bonchev–Trinajstić information content (AvgIpc) is 2.53. The van der Waals surface area contributed by atoms with Gasteiger partial charge in [-0.15, -0.1) is 0 Å². The average molecular weight is 270 g/mol. The molecule has 3 N–H and O–H groups in total. The van der Waals surface area contributed by atoms with Crippen LogP contribution in [-0.4, -0.2) is 19.6 Å². The van der Waals surface area contributed by atoms with Crippen LogP contribution in [0.4, 0.5) is 0 Å². The first-order chi connectivity index (χ1) is 9.74. The molecule has 0 heterocycles. The number of ether oxygens (including phenoxy) is 1. The molecular weight excluding hydrogens is 252 g/mol. The highest BCUT2D eigenvalue weighted by atomic mass is 16.5. The lowest BCUT2D eigenvalue weighted by Gasteiger charge is -2.17. The minimum absolute atomic E-state index is 0.146. The van der Waals surface area contributed by atoms with Gasteiger partial charge in [0.25, 0.3) is 5.91 Å². The fourth-order valence-corrected chi connectivity index (χ4v) is 1.95. The monoisotopic (exact) mass is 270 g/mol. The Morgan fingerprint density at radius 3 is 2.35 bits per heavy atom. The van der Waals surface area contributed by atoms with E-state index in [1.54, 1.807) is 31.4 Å². The number of benzene rings is 2. The Bertz CT molecular complexity index is 552. The maximum atomic E-state index is 12.2.